The van der Waals surface area contributed by atoms with Crippen LogP contribution in [0.3, 0.4) is 0 Å². The summed E-state index contributed by atoms with van der Waals surface area (Å²) in [4.78, 5) is 43.0. The van der Waals surface area contributed by atoms with Crippen molar-refractivity contribution in [3.63, 3.8) is 0 Å². The summed E-state index contributed by atoms with van der Waals surface area (Å²) in [5.74, 6) is -0.852. The summed E-state index contributed by atoms with van der Waals surface area (Å²) in [5, 5.41) is 0.517. The van der Waals surface area contributed by atoms with Gasteiger partial charge in [0, 0.05) is 19.2 Å². The van der Waals surface area contributed by atoms with E-state index in [2.05, 4.69) is 20.8 Å². The highest BCUT2D eigenvalue weighted by molar-refractivity contribution is 5.93. The van der Waals surface area contributed by atoms with Gasteiger partial charge in [0.25, 0.3) is 11.5 Å². The van der Waals surface area contributed by atoms with Crippen LogP contribution in [0.5, 0.6) is 0 Å². The summed E-state index contributed by atoms with van der Waals surface area (Å²) in [6.07, 6.45) is 3.07. The third-order valence-electron chi connectivity index (χ3n) is 3.79. The molecule has 8 heteroatoms. The van der Waals surface area contributed by atoms with Crippen molar-refractivity contribution in [1.29, 1.82) is 0 Å². The van der Waals surface area contributed by atoms with Crippen molar-refractivity contribution in [1.82, 2.24) is 25.4 Å². The lowest BCUT2D eigenvalue weighted by atomic mass is 10.1. The molecule has 0 aliphatic heterocycles. The molecule has 0 unspecified atom stereocenters. The van der Waals surface area contributed by atoms with Crippen molar-refractivity contribution in [2.75, 3.05) is 0 Å². The number of fused-ring (bicyclic) bond motifs is 1. The van der Waals surface area contributed by atoms with Crippen molar-refractivity contribution >= 4 is 22.7 Å². The first kappa shape index (κ1) is 16.4. The second kappa shape index (κ2) is 7.00. The van der Waals surface area contributed by atoms with Crippen molar-refractivity contribution in [2.24, 2.45) is 0 Å². The first-order valence-corrected chi connectivity index (χ1v) is 7.73. The number of carbonyl (C=O) groups is 2. The fourth-order valence-electron chi connectivity index (χ4n) is 2.45. The number of aromatic amines is 1. The van der Waals surface area contributed by atoms with Gasteiger partial charge in [-0.2, -0.15) is 0 Å². The molecule has 0 aliphatic rings. The van der Waals surface area contributed by atoms with E-state index in [4.69, 9.17) is 0 Å². The van der Waals surface area contributed by atoms with Crippen LogP contribution in [0.1, 0.15) is 22.5 Å². The van der Waals surface area contributed by atoms with Gasteiger partial charge in [0.15, 0.2) is 0 Å². The smallest absolute Gasteiger partial charge is 0.286 e. The standard InChI is InChI=1S/C17H17N5O3/c1-11-4-2-5-12-15(11)19-10-22(17(12)25)9-7-14(23)20-21-16(24)13-6-3-8-18-13/h2-6,8,10,18H,7,9H2,1H3,(H,20,23)(H,21,24). The molecule has 128 valence electrons. The third kappa shape index (κ3) is 3.57. The van der Waals surface area contributed by atoms with Crippen LogP contribution in [-0.2, 0) is 11.3 Å². The summed E-state index contributed by atoms with van der Waals surface area (Å²) in [5.41, 5.74) is 6.34. The minimum Gasteiger partial charge on any atom is -0.357 e. The van der Waals surface area contributed by atoms with Crippen molar-refractivity contribution in [3.05, 3.63) is 64.5 Å². The van der Waals surface area contributed by atoms with Gasteiger partial charge in [0.05, 0.1) is 17.2 Å². The molecule has 8 nitrogen and oxygen atoms in total. The highest BCUT2D eigenvalue weighted by Gasteiger charge is 2.10. The Hall–Kier alpha value is -3.42. The van der Waals surface area contributed by atoms with Crippen LogP contribution in [-0.4, -0.2) is 26.3 Å². The molecule has 1 aromatic carbocycles. The topological polar surface area (TPSA) is 109 Å². The number of hydrogen-bond donors (Lipinski definition) is 3. The van der Waals surface area contributed by atoms with E-state index in [-0.39, 0.29) is 18.5 Å². The molecule has 25 heavy (non-hydrogen) atoms. The maximum absolute atomic E-state index is 12.4. The van der Waals surface area contributed by atoms with Crippen LogP contribution in [0.15, 0.2) is 47.7 Å². The van der Waals surface area contributed by atoms with E-state index >= 15 is 0 Å². The van der Waals surface area contributed by atoms with E-state index in [0.29, 0.717) is 16.6 Å². The van der Waals surface area contributed by atoms with Crippen LogP contribution in [0, 0.1) is 6.92 Å². The number of aryl methyl sites for hydroxylation is 2. The molecule has 2 amide bonds. The lowest BCUT2D eigenvalue weighted by Gasteiger charge is -2.09. The molecule has 0 saturated carbocycles. The lowest BCUT2D eigenvalue weighted by molar-refractivity contribution is -0.122. The molecular weight excluding hydrogens is 322 g/mol. The quantitative estimate of drug-likeness (QED) is 0.613. The van der Waals surface area contributed by atoms with Gasteiger partial charge in [-0.15, -0.1) is 0 Å². The third-order valence-corrected chi connectivity index (χ3v) is 3.79. The number of amides is 2. The molecule has 0 fully saturated rings. The van der Waals surface area contributed by atoms with Gasteiger partial charge in [-0.1, -0.05) is 12.1 Å². The highest BCUT2D eigenvalue weighted by Crippen LogP contribution is 2.11. The Bertz CT molecular complexity index is 976. The van der Waals surface area contributed by atoms with Crippen LogP contribution in [0.25, 0.3) is 10.9 Å². The minimum absolute atomic E-state index is 0.0317. The number of para-hydroxylation sites is 1. The summed E-state index contributed by atoms with van der Waals surface area (Å²) < 4.78 is 1.38. The van der Waals surface area contributed by atoms with E-state index in [1.807, 2.05) is 13.0 Å². The zero-order valence-electron chi connectivity index (χ0n) is 13.6. The zero-order chi connectivity index (χ0) is 17.8. The van der Waals surface area contributed by atoms with Gasteiger partial charge >= 0.3 is 0 Å². The van der Waals surface area contributed by atoms with Gasteiger partial charge < -0.3 is 4.98 Å². The van der Waals surface area contributed by atoms with Crippen molar-refractivity contribution in [3.8, 4) is 0 Å². The van der Waals surface area contributed by atoms with Gasteiger partial charge in [-0.3, -0.25) is 29.8 Å². The Morgan fingerprint density at radius 1 is 1.20 bits per heavy atom. The lowest BCUT2D eigenvalue weighted by Crippen LogP contribution is -2.42. The van der Waals surface area contributed by atoms with Crippen molar-refractivity contribution in [2.45, 2.75) is 19.9 Å². The van der Waals surface area contributed by atoms with Gasteiger partial charge in [-0.05, 0) is 30.7 Å². The molecule has 3 rings (SSSR count). The van der Waals surface area contributed by atoms with E-state index < -0.39 is 11.8 Å². The van der Waals surface area contributed by atoms with E-state index in [0.717, 1.165) is 5.56 Å². The first-order chi connectivity index (χ1) is 12.1. The Balaban J connectivity index is 1.61. The Kier molecular flexibility index (Phi) is 4.60. The number of nitrogens with one attached hydrogen (secondary N) is 3. The Morgan fingerprint density at radius 3 is 2.80 bits per heavy atom. The maximum Gasteiger partial charge on any atom is 0.286 e. The molecule has 2 heterocycles. The molecule has 0 aliphatic carbocycles. The predicted molar refractivity (Wildman–Crippen MR) is 91.8 cm³/mol. The fourth-order valence-corrected chi connectivity index (χ4v) is 2.45. The highest BCUT2D eigenvalue weighted by atomic mass is 16.2. The number of carbonyl (C=O) groups excluding carboxylic acids is 2. The SMILES string of the molecule is Cc1cccc2c(=O)n(CCC(=O)NNC(=O)c3ccc[nH]3)cnc12. The van der Waals surface area contributed by atoms with Crippen LogP contribution in [0.4, 0.5) is 0 Å². The molecular formula is C17H17N5O3. The molecule has 2 aromatic heterocycles. The van der Waals surface area contributed by atoms with E-state index in [1.54, 1.807) is 30.5 Å². The second-order valence-corrected chi connectivity index (χ2v) is 5.55. The Morgan fingerprint density at radius 2 is 2.04 bits per heavy atom. The summed E-state index contributed by atoms with van der Waals surface area (Å²) >= 11 is 0. The van der Waals surface area contributed by atoms with E-state index in [9.17, 15) is 14.4 Å². The van der Waals surface area contributed by atoms with Crippen molar-refractivity contribution < 1.29 is 9.59 Å². The molecule has 0 bridgehead atoms. The largest absolute Gasteiger partial charge is 0.357 e. The molecule has 0 radical (unpaired) electrons. The van der Waals surface area contributed by atoms with Crippen LogP contribution >= 0.6 is 0 Å². The zero-order valence-corrected chi connectivity index (χ0v) is 13.6. The first-order valence-electron chi connectivity index (χ1n) is 7.73. The average Bonchev–Trinajstić information content (AvgIpc) is 3.14. The summed E-state index contributed by atoms with van der Waals surface area (Å²) in [6, 6.07) is 8.67. The molecule has 3 aromatic rings. The number of rotatable bonds is 4. The normalized spacial score (nSPS) is 10.6. The molecule has 0 saturated heterocycles. The van der Waals surface area contributed by atoms with Gasteiger partial charge in [0.2, 0.25) is 5.91 Å². The summed E-state index contributed by atoms with van der Waals surface area (Å²) in [7, 11) is 0. The number of hydrazine groups is 1. The number of benzene rings is 1. The molecule has 0 spiro atoms. The second-order valence-electron chi connectivity index (χ2n) is 5.55. The van der Waals surface area contributed by atoms with E-state index in [1.165, 1.54) is 10.9 Å². The number of nitrogens with zero attached hydrogens (tertiary/aromatic N) is 2. The Labute approximate surface area is 142 Å². The minimum atomic E-state index is -0.446. The molecule has 0 atom stereocenters. The fraction of sp³-hybridized carbons (Fsp3) is 0.176. The van der Waals surface area contributed by atoms with Crippen LogP contribution < -0.4 is 16.4 Å². The van der Waals surface area contributed by atoms with Gasteiger partial charge in [0.1, 0.15) is 5.69 Å². The number of hydrogen-bond acceptors (Lipinski definition) is 4. The average molecular weight is 339 g/mol. The van der Waals surface area contributed by atoms with Crippen LogP contribution in [0.2, 0.25) is 0 Å². The maximum atomic E-state index is 12.4. The summed E-state index contributed by atoms with van der Waals surface area (Å²) in [6.45, 7) is 2.05. The monoisotopic (exact) mass is 339 g/mol. The van der Waals surface area contributed by atoms with Gasteiger partial charge in [-0.25, -0.2) is 4.98 Å². The number of aromatic nitrogens is 3. The number of H-pyrrole nitrogens is 1. The predicted octanol–water partition coefficient (Wildman–Crippen LogP) is 0.884. The molecule has 3 N–H and O–H groups in total.